The van der Waals surface area contributed by atoms with Crippen molar-refractivity contribution in [3.8, 4) is 0 Å². The van der Waals surface area contributed by atoms with E-state index in [1.54, 1.807) is 4.72 Å². The minimum atomic E-state index is -3.79. The van der Waals surface area contributed by atoms with Crippen LogP contribution in [0.25, 0.3) is 0 Å². The van der Waals surface area contributed by atoms with Gasteiger partial charge in [-0.3, -0.25) is 9.78 Å². The second-order valence-electron chi connectivity index (χ2n) is 1.70. The topological polar surface area (TPSA) is 76.1 Å². The van der Waals surface area contributed by atoms with E-state index in [1.807, 2.05) is 0 Å². The fourth-order valence-corrected chi connectivity index (χ4v) is 2.42. The smallest absolute Gasteiger partial charge is 0.255 e. The molecule has 8 heteroatoms. The second kappa shape index (κ2) is 3.38. The Hall–Kier alpha value is -0.660. The van der Waals surface area contributed by atoms with Crippen LogP contribution in [0.2, 0.25) is 0 Å². The lowest BCUT2D eigenvalue weighted by Crippen LogP contribution is -2.24. The largest absolute Gasteiger partial charge is 0.327 e. The molecule has 0 saturated carbocycles. The van der Waals surface area contributed by atoms with Crippen LogP contribution in [0.4, 0.5) is 4.79 Å². The Morgan fingerprint density at radius 2 is 2.33 bits per heavy atom. The number of hydrogen-bond donors (Lipinski definition) is 1. The summed E-state index contributed by atoms with van der Waals surface area (Å²) in [7, 11) is -3.79. The van der Waals surface area contributed by atoms with Crippen molar-refractivity contribution in [2.24, 2.45) is 0 Å². The summed E-state index contributed by atoms with van der Waals surface area (Å²) in [6.45, 7) is 0. The van der Waals surface area contributed by atoms with Gasteiger partial charge in [0.1, 0.15) is 0 Å². The Morgan fingerprint density at radius 1 is 1.67 bits per heavy atom. The molecule has 0 radical (unpaired) electrons. The number of hydrogen-bond acceptors (Lipinski definition) is 5. The summed E-state index contributed by atoms with van der Waals surface area (Å²) in [6.07, 6.45) is 1.13. The summed E-state index contributed by atoms with van der Waals surface area (Å²) in [5.74, 6) is 0. The van der Waals surface area contributed by atoms with E-state index in [-0.39, 0.29) is 4.21 Å². The molecule has 1 amide bonds. The monoisotopic (exact) mass is 226 g/mol. The van der Waals surface area contributed by atoms with E-state index in [9.17, 15) is 13.2 Å². The number of halogens is 1. The van der Waals surface area contributed by atoms with Crippen molar-refractivity contribution >= 4 is 38.3 Å². The summed E-state index contributed by atoms with van der Waals surface area (Å²) in [6, 6.07) is 0. The van der Waals surface area contributed by atoms with Crippen molar-refractivity contribution in [3.63, 3.8) is 0 Å². The van der Waals surface area contributed by atoms with Gasteiger partial charge in [0.15, 0.2) is 4.21 Å². The third-order valence-electron chi connectivity index (χ3n) is 0.889. The van der Waals surface area contributed by atoms with Gasteiger partial charge in [0, 0.05) is 0 Å². The third-order valence-corrected chi connectivity index (χ3v) is 3.70. The van der Waals surface area contributed by atoms with E-state index in [0.29, 0.717) is 0 Å². The molecule has 0 bridgehead atoms. The summed E-state index contributed by atoms with van der Waals surface area (Å²) < 4.78 is 23.7. The SMILES string of the molecule is O=C(Cl)NS(=O)(=O)c1cncs1. The van der Waals surface area contributed by atoms with Crippen LogP contribution < -0.4 is 4.72 Å². The van der Waals surface area contributed by atoms with Crippen LogP contribution in [0.15, 0.2) is 15.9 Å². The first-order valence-corrected chi connectivity index (χ1v) is 5.37. The van der Waals surface area contributed by atoms with Crippen molar-refractivity contribution < 1.29 is 13.2 Å². The summed E-state index contributed by atoms with van der Waals surface area (Å²) in [5.41, 5.74) is 1.34. The lowest BCUT2D eigenvalue weighted by Gasteiger charge is -1.97. The lowest BCUT2D eigenvalue weighted by molar-refractivity contribution is 0.264. The molecule has 0 saturated heterocycles. The first-order chi connectivity index (χ1) is 5.52. The van der Waals surface area contributed by atoms with Crippen molar-refractivity contribution in [2.45, 2.75) is 4.21 Å². The predicted molar refractivity (Wildman–Crippen MR) is 43.7 cm³/mol. The van der Waals surface area contributed by atoms with E-state index in [4.69, 9.17) is 11.6 Å². The minimum Gasteiger partial charge on any atom is -0.255 e. The molecule has 12 heavy (non-hydrogen) atoms. The number of amides is 1. The highest BCUT2D eigenvalue weighted by Gasteiger charge is 2.17. The summed E-state index contributed by atoms with van der Waals surface area (Å²) >= 11 is 5.73. The Morgan fingerprint density at radius 3 is 2.75 bits per heavy atom. The van der Waals surface area contributed by atoms with Crippen LogP contribution in [0.5, 0.6) is 0 Å². The molecule has 1 heterocycles. The number of thiazole rings is 1. The molecule has 0 aliphatic heterocycles. The van der Waals surface area contributed by atoms with Crippen molar-refractivity contribution in [3.05, 3.63) is 11.7 Å². The molecule has 0 spiro atoms. The molecule has 0 atom stereocenters. The molecule has 5 nitrogen and oxygen atoms in total. The van der Waals surface area contributed by atoms with Gasteiger partial charge in [-0.15, -0.1) is 11.3 Å². The van der Waals surface area contributed by atoms with Crippen molar-refractivity contribution in [2.75, 3.05) is 0 Å². The number of nitrogens with one attached hydrogen (secondary N) is 1. The zero-order valence-electron chi connectivity index (χ0n) is 5.52. The van der Waals surface area contributed by atoms with Crippen LogP contribution >= 0.6 is 22.9 Å². The van der Waals surface area contributed by atoms with E-state index in [1.165, 1.54) is 5.51 Å². The second-order valence-corrected chi connectivity index (χ2v) is 4.84. The van der Waals surface area contributed by atoms with Gasteiger partial charge in [-0.1, -0.05) is 0 Å². The average Bonchev–Trinajstić information content (AvgIpc) is 2.32. The van der Waals surface area contributed by atoms with Crippen molar-refractivity contribution in [1.82, 2.24) is 9.71 Å². The van der Waals surface area contributed by atoms with Crippen LogP contribution in [-0.4, -0.2) is 18.8 Å². The first-order valence-electron chi connectivity index (χ1n) is 2.63. The molecule has 1 N–H and O–H groups in total. The molecule has 1 aromatic rings. The van der Waals surface area contributed by atoms with Gasteiger partial charge in [-0.25, -0.2) is 13.1 Å². The van der Waals surface area contributed by atoms with E-state index >= 15 is 0 Å². The Kier molecular flexibility index (Phi) is 2.65. The third kappa shape index (κ3) is 2.16. The van der Waals surface area contributed by atoms with Crippen LogP contribution in [0.1, 0.15) is 0 Å². The molecular weight excluding hydrogens is 224 g/mol. The number of carbonyl (C=O) groups is 1. The standard InChI is InChI=1S/C4H3ClN2O3S2/c5-4(8)7-12(9,10)3-1-6-2-11-3/h1-2H,(H,7,8). The zero-order chi connectivity index (χ0) is 9.19. The number of sulfonamides is 1. The first kappa shape index (κ1) is 9.43. The Bertz CT molecular complexity index is 371. The maximum Gasteiger partial charge on any atom is 0.327 e. The molecular formula is C4H3ClN2O3S2. The molecule has 0 aliphatic rings. The van der Waals surface area contributed by atoms with Crippen LogP contribution in [-0.2, 0) is 10.0 Å². The molecule has 0 aliphatic carbocycles. The minimum absolute atomic E-state index is 0.0449. The van der Waals surface area contributed by atoms with Crippen molar-refractivity contribution in [1.29, 1.82) is 0 Å². The van der Waals surface area contributed by atoms with Gasteiger partial charge in [-0.2, -0.15) is 0 Å². The average molecular weight is 227 g/mol. The maximum atomic E-state index is 11.1. The zero-order valence-corrected chi connectivity index (χ0v) is 7.91. The number of aromatic nitrogens is 1. The molecule has 0 aromatic carbocycles. The van der Waals surface area contributed by atoms with E-state index in [0.717, 1.165) is 17.5 Å². The summed E-state index contributed by atoms with van der Waals surface area (Å²) in [5, 5.41) is -1.14. The maximum absolute atomic E-state index is 11.1. The molecule has 1 rings (SSSR count). The Balaban J connectivity index is 2.96. The van der Waals surface area contributed by atoms with Gasteiger partial charge in [0.2, 0.25) is 0 Å². The fourth-order valence-electron chi connectivity index (χ4n) is 0.493. The van der Waals surface area contributed by atoms with Crippen LogP contribution in [0.3, 0.4) is 0 Å². The van der Waals surface area contributed by atoms with E-state index in [2.05, 4.69) is 4.98 Å². The molecule has 1 aromatic heterocycles. The quantitative estimate of drug-likeness (QED) is 0.597. The van der Waals surface area contributed by atoms with Gasteiger partial charge < -0.3 is 0 Å². The van der Waals surface area contributed by atoms with Gasteiger partial charge in [0.05, 0.1) is 11.7 Å². The number of nitrogens with zero attached hydrogens (tertiary/aromatic N) is 1. The number of carbonyl (C=O) groups excluding carboxylic acids is 1. The van der Waals surface area contributed by atoms with Gasteiger partial charge in [0.25, 0.3) is 10.0 Å². The molecule has 66 valence electrons. The molecule has 0 fully saturated rings. The normalized spacial score (nSPS) is 11.1. The molecule has 0 unspecified atom stereocenters. The van der Waals surface area contributed by atoms with Gasteiger partial charge >= 0.3 is 5.37 Å². The highest BCUT2D eigenvalue weighted by Crippen LogP contribution is 2.12. The number of rotatable bonds is 2. The van der Waals surface area contributed by atoms with Crippen LogP contribution in [0, 0.1) is 0 Å². The lowest BCUT2D eigenvalue weighted by atomic mass is 11.0. The highest BCUT2D eigenvalue weighted by atomic mass is 35.5. The van der Waals surface area contributed by atoms with E-state index < -0.39 is 15.4 Å². The predicted octanol–water partition coefficient (Wildman–Crippen LogP) is 0.780. The Labute approximate surface area is 77.4 Å². The summed E-state index contributed by atoms with van der Waals surface area (Å²) in [4.78, 5) is 13.8. The fraction of sp³-hybridized carbons (Fsp3) is 0. The van der Waals surface area contributed by atoms with Gasteiger partial charge in [-0.05, 0) is 11.6 Å². The highest BCUT2D eigenvalue weighted by molar-refractivity contribution is 7.92.